The average molecular weight is 468 g/mol. The van der Waals surface area contributed by atoms with Crippen LogP contribution in [-0.2, 0) is 33.4 Å². The highest BCUT2D eigenvalue weighted by Crippen LogP contribution is 2.39. The first-order chi connectivity index (χ1) is 16.2. The van der Waals surface area contributed by atoms with Gasteiger partial charge in [0.1, 0.15) is 12.1 Å². The van der Waals surface area contributed by atoms with Gasteiger partial charge < -0.3 is 10.3 Å². The lowest BCUT2D eigenvalue weighted by atomic mass is 10.0. The second kappa shape index (κ2) is 7.76. The minimum absolute atomic E-state index is 0.0108. The van der Waals surface area contributed by atoms with E-state index in [-0.39, 0.29) is 30.0 Å². The maximum absolute atomic E-state index is 13.5. The molecule has 1 aliphatic heterocycles. The predicted molar refractivity (Wildman–Crippen MR) is 116 cm³/mol. The van der Waals surface area contributed by atoms with Crippen molar-refractivity contribution in [1.29, 1.82) is 0 Å². The number of benzene rings is 1. The minimum Gasteiger partial charge on any atom is -0.325 e. The number of nitrogens with zero attached hydrogens (tertiary/aromatic N) is 7. The number of carbonyl (C=O) groups is 1. The van der Waals surface area contributed by atoms with E-state index in [9.17, 15) is 18.0 Å². The average Bonchev–Trinajstić information content (AvgIpc) is 3.49. The predicted octanol–water partition coefficient (Wildman–Crippen LogP) is 2.92. The van der Waals surface area contributed by atoms with E-state index < -0.39 is 17.6 Å². The van der Waals surface area contributed by atoms with Crippen molar-refractivity contribution in [2.75, 3.05) is 4.90 Å². The number of anilines is 1. The summed E-state index contributed by atoms with van der Waals surface area (Å²) < 4.78 is 44.0. The Balaban J connectivity index is 1.63. The van der Waals surface area contributed by atoms with E-state index in [0.29, 0.717) is 28.3 Å². The summed E-state index contributed by atoms with van der Waals surface area (Å²) in [6.45, 7) is -0.174. The molecule has 174 valence electrons. The molecular weight excluding hydrogens is 449 g/mol. The Morgan fingerprint density at radius 2 is 1.94 bits per heavy atom. The fourth-order valence-corrected chi connectivity index (χ4v) is 4.21. The van der Waals surface area contributed by atoms with E-state index >= 15 is 0 Å². The maximum atomic E-state index is 13.5. The summed E-state index contributed by atoms with van der Waals surface area (Å²) in [5.41, 5.74) is 7.47. The van der Waals surface area contributed by atoms with Crippen LogP contribution in [0.2, 0.25) is 0 Å². The van der Waals surface area contributed by atoms with Gasteiger partial charge in [-0.2, -0.15) is 18.3 Å². The van der Waals surface area contributed by atoms with Crippen molar-refractivity contribution >= 4 is 11.7 Å². The first-order valence-corrected chi connectivity index (χ1v) is 10.3. The van der Waals surface area contributed by atoms with Crippen LogP contribution in [0.5, 0.6) is 0 Å². The second-order valence-electron chi connectivity index (χ2n) is 7.93. The highest BCUT2D eigenvalue weighted by Gasteiger charge is 2.40. The van der Waals surface area contributed by atoms with E-state index in [0.717, 1.165) is 6.07 Å². The Morgan fingerprint density at radius 1 is 1.15 bits per heavy atom. The molecule has 1 aliphatic rings. The lowest BCUT2D eigenvalue weighted by Crippen LogP contribution is -2.25. The van der Waals surface area contributed by atoms with Gasteiger partial charge in [0.05, 0.1) is 35.3 Å². The molecule has 0 spiro atoms. The first kappa shape index (κ1) is 21.8. The van der Waals surface area contributed by atoms with Crippen molar-refractivity contribution in [3.8, 4) is 22.6 Å². The van der Waals surface area contributed by atoms with Gasteiger partial charge in [0.2, 0.25) is 0 Å². The van der Waals surface area contributed by atoms with Gasteiger partial charge in [0.15, 0.2) is 5.82 Å². The van der Waals surface area contributed by atoms with Gasteiger partial charge in [-0.15, -0.1) is 10.2 Å². The van der Waals surface area contributed by atoms with Crippen LogP contribution in [0.25, 0.3) is 22.6 Å². The van der Waals surface area contributed by atoms with Crippen LogP contribution in [0.1, 0.15) is 27.2 Å². The molecule has 12 heteroatoms. The van der Waals surface area contributed by atoms with Gasteiger partial charge in [0.25, 0.3) is 5.91 Å². The number of amides is 1. The molecule has 0 fully saturated rings. The fourth-order valence-electron chi connectivity index (χ4n) is 4.21. The molecule has 5 rings (SSSR count). The molecular formula is C22H19F3N8O. The third-order valence-electron chi connectivity index (χ3n) is 5.79. The van der Waals surface area contributed by atoms with Crippen LogP contribution in [0.15, 0.2) is 42.9 Å². The van der Waals surface area contributed by atoms with Crippen molar-refractivity contribution < 1.29 is 18.0 Å². The number of aryl methyl sites for hydroxylation is 2. The number of fused-ring (bicyclic) bond motifs is 1. The van der Waals surface area contributed by atoms with Crippen LogP contribution in [-0.4, -0.2) is 35.4 Å². The number of hydrogen-bond acceptors (Lipinski definition) is 6. The number of nitrogens with two attached hydrogens (primary N) is 1. The molecule has 2 N–H and O–H groups in total. The first-order valence-electron chi connectivity index (χ1n) is 10.3. The summed E-state index contributed by atoms with van der Waals surface area (Å²) in [6, 6.07) is 7.02. The molecule has 4 aromatic rings. The van der Waals surface area contributed by atoms with Crippen LogP contribution in [0.4, 0.5) is 19.0 Å². The van der Waals surface area contributed by atoms with E-state index in [4.69, 9.17) is 5.73 Å². The molecule has 0 aliphatic carbocycles. The van der Waals surface area contributed by atoms with Gasteiger partial charge in [-0.25, -0.2) is 4.98 Å². The number of hydrogen-bond donors (Lipinski definition) is 1. The Kier molecular flexibility index (Phi) is 4.97. The van der Waals surface area contributed by atoms with Gasteiger partial charge in [0, 0.05) is 31.8 Å². The van der Waals surface area contributed by atoms with Crippen LogP contribution in [0.3, 0.4) is 0 Å². The zero-order chi connectivity index (χ0) is 24.2. The zero-order valence-corrected chi connectivity index (χ0v) is 18.2. The maximum Gasteiger partial charge on any atom is 0.416 e. The number of rotatable bonds is 4. The standard InChI is InChI=1S/C22H19F3N8O/c1-31-11-27-30-20(31)15-9-28-32(2)19(15)12-6-13(8-26)29-18(7-12)33-10-16-14(21(33)34)4-3-5-17(16)22(23,24)25/h3-7,9,11H,8,10,26H2,1-2H3. The molecule has 1 aromatic carbocycles. The lowest BCUT2D eigenvalue weighted by Gasteiger charge is -2.18. The topological polar surface area (TPSA) is 108 Å². The number of aromatic nitrogens is 6. The quantitative estimate of drug-likeness (QED) is 0.494. The number of pyridine rings is 1. The van der Waals surface area contributed by atoms with Gasteiger partial charge in [-0.3, -0.25) is 14.4 Å². The van der Waals surface area contributed by atoms with Crippen molar-refractivity contribution in [3.63, 3.8) is 0 Å². The molecule has 0 saturated heterocycles. The molecule has 1 amide bonds. The van der Waals surface area contributed by atoms with Gasteiger partial charge in [-0.05, 0) is 29.8 Å². The fraction of sp³-hybridized carbons (Fsp3) is 0.227. The number of carbonyl (C=O) groups excluding carboxylic acids is 1. The summed E-state index contributed by atoms with van der Waals surface area (Å²) in [7, 11) is 3.55. The molecule has 9 nitrogen and oxygen atoms in total. The second-order valence-corrected chi connectivity index (χ2v) is 7.93. The van der Waals surface area contributed by atoms with Crippen LogP contribution >= 0.6 is 0 Å². The number of alkyl halides is 3. The molecule has 0 saturated carbocycles. The van der Waals surface area contributed by atoms with E-state index in [1.54, 1.807) is 48.0 Å². The number of halogens is 3. The highest BCUT2D eigenvalue weighted by atomic mass is 19.4. The Bertz CT molecular complexity index is 1420. The molecule has 0 unspecified atom stereocenters. The summed E-state index contributed by atoms with van der Waals surface area (Å²) in [5, 5.41) is 12.4. The summed E-state index contributed by atoms with van der Waals surface area (Å²) in [6.07, 6.45) is -1.36. The zero-order valence-electron chi connectivity index (χ0n) is 18.2. The Hall–Kier alpha value is -4.06. The molecule has 0 atom stereocenters. The van der Waals surface area contributed by atoms with Crippen LogP contribution < -0.4 is 10.6 Å². The van der Waals surface area contributed by atoms with Crippen molar-refractivity contribution in [3.05, 3.63) is 65.2 Å². The Morgan fingerprint density at radius 3 is 2.62 bits per heavy atom. The van der Waals surface area contributed by atoms with E-state index in [1.165, 1.54) is 17.0 Å². The third kappa shape index (κ3) is 3.43. The summed E-state index contributed by atoms with van der Waals surface area (Å²) in [4.78, 5) is 18.8. The van der Waals surface area contributed by atoms with Crippen LogP contribution in [0, 0.1) is 0 Å². The van der Waals surface area contributed by atoms with Gasteiger partial charge in [-0.1, -0.05) is 6.07 Å². The molecule has 3 aromatic heterocycles. The summed E-state index contributed by atoms with van der Waals surface area (Å²) >= 11 is 0. The van der Waals surface area contributed by atoms with E-state index in [2.05, 4.69) is 20.3 Å². The SMILES string of the molecule is Cn1cnnc1-c1cnn(C)c1-c1cc(CN)nc(N2Cc3c(cccc3C(F)(F)F)C2=O)c1. The van der Waals surface area contributed by atoms with E-state index in [1.807, 2.05) is 0 Å². The lowest BCUT2D eigenvalue weighted by molar-refractivity contribution is -0.138. The molecule has 0 bridgehead atoms. The third-order valence-corrected chi connectivity index (χ3v) is 5.79. The molecule has 0 radical (unpaired) electrons. The summed E-state index contributed by atoms with van der Waals surface area (Å²) in [5.74, 6) is 0.236. The molecule has 4 heterocycles. The minimum atomic E-state index is -4.57. The van der Waals surface area contributed by atoms with Crippen molar-refractivity contribution in [2.24, 2.45) is 19.8 Å². The molecule has 34 heavy (non-hydrogen) atoms. The highest BCUT2D eigenvalue weighted by molar-refractivity contribution is 6.10. The Labute approximate surface area is 191 Å². The van der Waals surface area contributed by atoms with Gasteiger partial charge >= 0.3 is 6.18 Å². The van der Waals surface area contributed by atoms with Crippen molar-refractivity contribution in [1.82, 2.24) is 29.5 Å². The smallest absolute Gasteiger partial charge is 0.325 e. The normalized spacial score (nSPS) is 13.6. The monoisotopic (exact) mass is 468 g/mol. The van der Waals surface area contributed by atoms with Crippen molar-refractivity contribution in [2.45, 2.75) is 19.3 Å². The largest absolute Gasteiger partial charge is 0.416 e.